The molecule has 0 aromatic heterocycles. The van der Waals surface area contributed by atoms with E-state index in [2.05, 4.69) is 5.32 Å². The van der Waals surface area contributed by atoms with Crippen molar-refractivity contribution in [2.45, 2.75) is 44.8 Å². The number of hydrogen-bond donors (Lipinski definition) is 2. The van der Waals surface area contributed by atoms with Crippen molar-refractivity contribution >= 4 is 88.0 Å². The maximum atomic E-state index is 14.5. The molecule has 0 aliphatic rings. The van der Waals surface area contributed by atoms with E-state index >= 15 is 0 Å². The number of carbonyl (C=O) groups excluding carboxylic acids is 2. The molecule has 0 spiro atoms. The van der Waals surface area contributed by atoms with Crippen molar-refractivity contribution in [2.75, 3.05) is 19.8 Å². The lowest BCUT2D eigenvalue weighted by Gasteiger charge is -2.19. The summed E-state index contributed by atoms with van der Waals surface area (Å²) in [5, 5.41) is 3.63. The van der Waals surface area contributed by atoms with Crippen molar-refractivity contribution in [3.05, 3.63) is 150 Å². The molecule has 336 valence electrons. The van der Waals surface area contributed by atoms with Gasteiger partial charge in [0.2, 0.25) is 5.91 Å². The number of hydrogen-bond acceptors (Lipinski definition) is 7. The van der Waals surface area contributed by atoms with E-state index in [0.29, 0.717) is 21.2 Å². The Morgan fingerprint density at radius 1 is 0.625 bits per heavy atom. The second-order valence-corrected chi connectivity index (χ2v) is 16.8. The highest BCUT2D eigenvalue weighted by Gasteiger charge is 2.38. The number of amides is 2. The van der Waals surface area contributed by atoms with Gasteiger partial charge in [-0.15, -0.1) is 9.05 Å². The van der Waals surface area contributed by atoms with Crippen LogP contribution in [0.4, 0.5) is 26.3 Å². The first kappa shape index (κ1) is 48.6. The fourth-order valence-electron chi connectivity index (χ4n) is 6.88. The Bertz CT molecular complexity index is 2700. The van der Waals surface area contributed by atoms with E-state index in [1.165, 1.54) is 78.9 Å². The molecule has 0 aliphatic carbocycles. The number of benzene rings is 6. The Hall–Kier alpha value is -4.86. The van der Waals surface area contributed by atoms with Crippen LogP contribution in [0, 0.1) is 0 Å². The van der Waals surface area contributed by atoms with Crippen molar-refractivity contribution in [3.63, 3.8) is 0 Å². The third kappa shape index (κ3) is 12.5. The summed E-state index contributed by atoms with van der Waals surface area (Å²) in [6, 6.07) is 20.2. The maximum absolute atomic E-state index is 14.5. The fourth-order valence-corrected chi connectivity index (χ4v) is 8.65. The van der Waals surface area contributed by atoms with Crippen LogP contribution in [0.15, 0.2) is 91.0 Å². The van der Waals surface area contributed by atoms with Gasteiger partial charge in [0.25, 0.3) is 5.91 Å². The van der Waals surface area contributed by atoms with Crippen LogP contribution in [-0.2, 0) is 45.6 Å². The van der Waals surface area contributed by atoms with Gasteiger partial charge in [0.1, 0.15) is 49.1 Å². The number of nitrogens with two attached hydrogens (primary N) is 1. The molecule has 2 amide bonds. The van der Waals surface area contributed by atoms with Gasteiger partial charge in [0, 0.05) is 42.3 Å². The van der Waals surface area contributed by atoms with E-state index in [1.807, 2.05) is 0 Å². The lowest BCUT2D eigenvalue weighted by atomic mass is 9.92. The van der Waals surface area contributed by atoms with Crippen molar-refractivity contribution in [1.29, 1.82) is 0 Å². The molecule has 6 aromatic carbocycles. The Morgan fingerprint density at radius 2 is 1.12 bits per heavy atom. The summed E-state index contributed by atoms with van der Waals surface area (Å²) >= 11 is 24.0. The molecule has 20 heteroatoms. The third-order valence-electron chi connectivity index (χ3n) is 9.55. The van der Waals surface area contributed by atoms with Gasteiger partial charge in [-0.25, -0.2) is 0 Å². The van der Waals surface area contributed by atoms with Gasteiger partial charge in [0.15, 0.2) is 0 Å². The molecular formula is C44H34Cl4F6N2O7P+. The smallest absolute Gasteiger partial charge is 0.488 e. The SMILES string of the molecule is NC(=O)c1ccc2c(C(F)(F)F)c(OCc3cc(Cl)cc(Cl)c3)ccc2c1CCCO[P+](=O)OCCCNC(=O)c1ccc2c(C(F)(F)F)c(OCc3cc(Cl)cc(Cl)c3)ccc2c1. The van der Waals surface area contributed by atoms with Crippen LogP contribution in [0.25, 0.3) is 21.5 Å². The quantitative estimate of drug-likeness (QED) is 0.0499. The highest BCUT2D eigenvalue weighted by atomic mass is 35.5. The summed E-state index contributed by atoms with van der Waals surface area (Å²) in [6.45, 7) is -0.730. The Kier molecular flexibility index (Phi) is 15.9. The van der Waals surface area contributed by atoms with E-state index in [-0.39, 0.29) is 101 Å². The minimum atomic E-state index is -4.85. The lowest BCUT2D eigenvalue weighted by molar-refractivity contribution is -0.138. The van der Waals surface area contributed by atoms with Crippen LogP contribution >= 0.6 is 54.7 Å². The fraction of sp³-hybridized carbons (Fsp3) is 0.227. The second-order valence-electron chi connectivity index (χ2n) is 14.1. The molecule has 0 heterocycles. The van der Waals surface area contributed by atoms with Crippen molar-refractivity contribution < 1.29 is 59.0 Å². The average Bonchev–Trinajstić information content (AvgIpc) is 3.21. The topological polar surface area (TPSA) is 126 Å². The number of nitrogens with one attached hydrogen (secondary N) is 1. The number of aryl methyl sites for hydroxylation is 1. The Morgan fingerprint density at radius 3 is 1.67 bits per heavy atom. The molecule has 3 N–H and O–H groups in total. The highest BCUT2D eigenvalue weighted by molar-refractivity contribution is 7.33. The molecule has 0 saturated carbocycles. The number of rotatable bonds is 18. The number of halogens is 10. The average molecular weight is 990 g/mol. The third-order valence-corrected chi connectivity index (χ3v) is 11.2. The molecular weight excluding hydrogens is 955 g/mol. The maximum Gasteiger partial charge on any atom is 0.697 e. The Balaban J connectivity index is 1.00. The zero-order valence-corrected chi connectivity index (χ0v) is 36.9. The van der Waals surface area contributed by atoms with Crippen LogP contribution in [-0.4, -0.2) is 31.6 Å². The molecule has 0 saturated heterocycles. The number of primary amides is 1. The monoisotopic (exact) mass is 987 g/mol. The molecule has 0 fully saturated rings. The van der Waals surface area contributed by atoms with Crippen molar-refractivity contribution in [3.8, 4) is 11.5 Å². The molecule has 1 unspecified atom stereocenters. The first-order valence-corrected chi connectivity index (χ1v) is 21.7. The molecule has 6 rings (SSSR count). The summed E-state index contributed by atoms with van der Waals surface area (Å²) in [4.78, 5) is 25.2. The van der Waals surface area contributed by atoms with E-state index in [1.54, 1.807) is 0 Å². The van der Waals surface area contributed by atoms with Gasteiger partial charge in [-0.05, 0) is 124 Å². The summed E-state index contributed by atoms with van der Waals surface area (Å²) in [5.74, 6) is -2.31. The second kappa shape index (κ2) is 21.0. The standard InChI is InChI=1S/C44H33Cl4F6N2O7P/c45-28-15-24(16-29(46)20-28)22-60-37-10-5-26-19-27(4-6-32(26)39(37)43(49,50)51)42(58)56-12-2-14-63-64(59)62-13-1-3-33-34-9-11-38(61-23-25-17-30(47)21-31(48)18-25)40(44(52,53)54)35(34)7-8-36(33)41(55)57/h4-11,15-21H,1-3,12-14,22-23H2,(H2-,55,56,57,58)/p+1. The first-order chi connectivity index (χ1) is 30.3. The zero-order valence-electron chi connectivity index (χ0n) is 33.0. The van der Waals surface area contributed by atoms with Crippen molar-refractivity contribution in [2.24, 2.45) is 5.73 Å². The Labute approximate surface area is 382 Å². The minimum absolute atomic E-state index is 0.00337. The van der Waals surface area contributed by atoms with Gasteiger partial charge in [-0.3, -0.25) is 9.59 Å². The molecule has 64 heavy (non-hydrogen) atoms. The highest BCUT2D eigenvalue weighted by Crippen LogP contribution is 2.44. The molecule has 1 atom stereocenters. The van der Waals surface area contributed by atoms with Crippen molar-refractivity contribution in [1.82, 2.24) is 5.32 Å². The number of alkyl halides is 6. The number of ether oxygens (including phenoxy) is 2. The van der Waals surface area contributed by atoms with E-state index in [0.717, 1.165) is 12.1 Å². The molecule has 0 aliphatic heterocycles. The van der Waals surface area contributed by atoms with E-state index < -0.39 is 55.0 Å². The van der Waals surface area contributed by atoms with Crippen LogP contribution in [0.2, 0.25) is 20.1 Å². The normalized spacial score (nSPS) is 12.1. The van der Waals surface area contributed by atoms with E-state index in [4.69, 9.17) is 70.7 Å². The largest absolute Gasteiger partial charge is 0.697 e. The van der Waals surface area contributed by atoms with Gasteiger partial charge >= 0.3 is 20.6 Å². The molecule has 9 nitrogen and oxygen atoms in total. The summed E-state index contributed by atoms with van der Waals surface area (Å²) < 4.78 is 120. The predicted octanol–water partition coefficient (Wildman–Crippen LogP) is 13.3. The molecule has 6 aromatic rings. The van der Waals surface area contributed by atoms with Crippen LogP contribution in [0.3, 0.4) is 0 Å². The van der Waals surface area contributed by atoms with Gasteiger partial charge in [-0.1, -0.05) is 70.7 Å². The van der Waals surface area contributed by atoms with Gasteiger partial charge < -0.3 is 20.5 Å². The van der Waals surface area contributed by atoms with Crippen LogP contribution < -0.4 is 20.5 Å². The van der Waals surface area contributed by atoms with E-state index in [9.17, 15) is 40.5 Å². The number of fused-ring (bicyclic) bond motifs is 2. The zero-order chi connectivity index (χ0) is 46.3. The van der Waals surface area contributed by atoms with Gasteiger partial charge in [-0.2, -0.15) is 26.3 Å². The summed E-state index contributed by atoms with van der Waals surface area (Å²) in [7, 11) is -2.65. The van der Waals surface area contributed by atoms with Crippen LogP contribution in [0.5, 0.6) is 11.5 Å². The predicted molar refractivity (Wildman–Crippen MR) is 233 cm³/mol. The molecule has 0 bridgehead atoms. The summed E-state index contributed by atoms with van der Waals surface area (Å²) in [6.07, 6.45) is -9.34. The molecule has 0 radical (unpaired) electrons. The first-order valence-electron chi connectivity index (χ1n) is 19.0. The number of carbonyl (C=O) groups is 2. The lowest BCUT2D eigenvalue weighted by Crippen LogP contribution is -2.25. The van der Waals surface area contributed by atoms with Crippen LogP contribution in [0.1, 0.15) is 61.4 Å². The summed E-state index contributed by atoms with van der Waals surface area (Å²) in [5.41, 5.74) is 4.72. The van der Waals surface area contributed by atoms with Gasteiger partial charge in [0.05, 0.1) is 0 Å². The minimum Gasteiger partial charge on any atom is -0.488 e.